The first-order valence-corrected chi connectivity index (χ1v) is 5.98. The van der Waals surface area contributed by atoms with Gasteiger partial charge in [-0.05, 0) is 30.5 Å². The van der Waals surface area contributed by atoms with Crippen molar-refractivity contribution in [2.24, 2.45) is 0 Å². The molecule has 1 aliphatic heterocycles. The van der Waals surface area contributed by atoms with Gasteiger partial charge < -0.3 is 10.6 Å². The second-order valence-electron chi connectivity index (χ2n) is 4.53. The number of benzene rings is 1. The third-order valence-corrected chi connectivity index (χ3v) is 3.06. The Balaban J connectivity index is 1.84. The SMILES string of the molecule is CN1CC(=O)N(CCCc2ccc(N)cc2)C1=O. The average Bonchev–Trinajstić information content (AvgIpc) is 2.58. The number of nitrogens with two attached hydrogens (primary N) is 1. The summed E-state index contributed by atoms with van der Waals surface area (Å²) in [6.07, 6.45) is 1.61. The van der Waals surface area contributed by atoms with Crippen molar-refractivity contribution < 1.29 is 9.59 Å². The Bertz CT molecular complexity index is 456. The molecule has 0 unspecified atom stereocenters. The highest BCUT2D eigenvalue weighted by Gasteiger charge is 2.32. The van der Waals surface area contributed by atoms with Crippen molar-refractivity contribution in [2.75, 3.05) is 25.9 Å². The van der Waals surface area contributed by atoms with Gasteiger partial charge in [0.2, 0.25) is 5.91 Å². The van der Waals surface area contributed by atoms with Gasteiger partial charge in [0.25, 0.3) is 0 Å². The zero-order valence-corrected chi connectivity index (χ0v) is 10.4. The topological polar surface area (TPSA) is 66.6 Å². The number of hydrogen-bond acceptors (Lipinski definition) is 3. The lowest BCUT2D eigenvalue weighted by atomic mass is 10.1. The number of aryl methyl sites for hydroxylation is 1. The molecule has 1 aromatic carbocycles. The van der Waals surface area contributed by atoms with Gasteiger partial charge in [0.15, 0.2) is 0 Å². The number of carbonyl (C=O) groups excluding carboxylic acids is 2. The number of urea groups is 1. The van der Waals surface area contributed by atoms with E-state index in [0.29, 0.717) is 6.54 Å². The lowest BCUT2D eigenvalue weighted by Crippen LogP contribution is -2.32. The Labute approximate surface area is 106 Å². The first kappa shape index (κ1) is 12.4. The molecule has 1 heterocycles. The summed E-state index contributed by atoms with van der Waals surface area (Å²) in [6, 6.07) is 7.45. The Morgan fingerprint density at radius 2 is 1.89 bits per heavy atom. The number of amides is 3. The molecule has 1 fully saturated rings. The van der Waals surface area contributed by atoms with Crippen LogP contribution in [0, 0.1) is 0 Å². The molecule has 2 N–H and O–H groups in total. The molecule has 1 aromatic rings. The summed E-state index contributed by atoms with van der Waals surface area (Å²) in [5.74, 6) is -0.111. The largest absolute Gasteiger partial charge is 0.399 e. The maximum absolute atomic E-state index is 11.6. The van der Waals surface area contributed by atoms with Crippen LogP contribution in [0.15, 0.2) is 24.3 Å². The Hall–Kier alpha value is -2.04. The van der Waals surface area contributed by atoms with E-state index in [1.165, 1.54) is 9.80 Å². The van der Waals surface area contributed by atoms with E-state index in [1.54, 1.807) is 7.05 Å². The minimum atomic E-state index is -0.197. The molecule has 0 aromatic heterocycles. The van der Waals surface area contributed by atoms with Crippen molar-refractivity contribution in [3.8, 4) is 0 Å². The van der Waals surface area contributed by atoms with Crippen LogP contribution in [0.1, 0.15) is 12.0 Å². The van der Waals surface area contributed by atoms with Crippen LogP contribution in [0.4, 0.5) is 10.5 Å². The molecule has 0 bridgehead atoms. The van der Waals surface area contributed by atoms with Gasteiger partial charge in [0.05, 0.1) is 0 Å². The normalized spacial score (nSPS) is 15.6. The lowest BCUT2D eigenvalue weighted by molar-refractivity contribution is -0.125. The van der Waals surface area contributed by atoms with E-state index in [1.807, 2.05) is 24.3 Å². The zero-order chi connectivity index (χ0) is 13.1. The third kappa shape index (κ3) is 2.61. The highest BCUT2D eigenvalue weighted by atomic mass is 16.2. The summed E-state index contributed by atoms with van der Waals surface area (Å²) in [7, 11) is 1.64. The minimum absolute atomic E-state index is 0.111. The number of likely N-dealkylation sites (N-methyl/N-ethyl adjacent to an activating group) is 1. The predicted molar refractivity (Wildman–Crippen MR) is 68.9 cm³/mol. The van der Waals surface area contributed by atoms with Crippen LogP contribution in [-0.2, 0) is 11.2 Å². The molecule has 1 aliphatic rings. The summed E-state index contributed by atoms with van der Waals surface area (Å²) in [6.45, 7) is 0.674. The zero-order valence-electron chi connectivity index (χ0n) is 10.4. The summed E-state index contributed by atoms with van der Waals surface area (Å²) >= 11 is 0. The molecule has 5 heteroatoms. The van der Waals surface area contributed by atoms with Gasteiger partial charge in [-0.1, -0.05) is 12.1 Å². The Morgan fingerprint density at radius 1 is 1.22 bits per heavy atom. The van der Waals surface area contributed by atoms with E-state index < -0.39 is 0 Å². The molecule has 18 heavy (non-hydrogen) atoms. The molecular formula is C13H17N3O2. The van der Waals surface area contributed by atoms with Crippen LogP contribution in [0.2, 0.25) is 0 Å². The van der Waals surface area contributed by atoms with Crippen LogP contribution in [-0.4, -0.2) is 41.9 Å². The van der Waals surface area contributed by atoms with E-state index >= 15 is 0 Å². The molecule has 2 rings (SSSR count). The minimum Gasteiger partial charge on any atom is -0.399 e. The van der Waals surface area contributed by atoms with Gasteiger partial charge in [-0.15, -0.1) is 0 Å². The fourth-order valence-electron chi connectivity index (χ4n) is 2.01. The Kier molecular flexibility index (Phi) is 3.50. The molecule has 0 spiro atoms. The van der Waals surface area contributed by atoms with Gasteiger partial charge in [0.1, 0.15) is 6.54 Å². The maximum Gasteiger partial charge on any atom is 0.326 e. The van der Waals surface area contributed by atoms with E-state index in [-0.39, 0.29) is 18.5 Å². The maximum atomic E-state index is 11.6. The number of rotatable bonds is 4. The molecular weight excluding hydrogens is 230 g/mol. The molecule has 3 amide bonds. The van der Waals surface area contributed by atoms with Crippen molar-refractivity contribution in [3.63, 3.8) is 0 Å². The molecule has 5 nitrogen and oxygen atoms in total. The van der Waals surface area contributed by atoms with E-state index in [4.69, 9.17) is 5.73 Å². The summed E-state index contributed by atoms with van der Waals surface area (Å²) in [5.41, 5.74) is 7.51. The van der Waals surface area contributed by atoms with E-state index in [0.717, 1.165) is 24.1 Å². The first-order valence-electron chi connectivity index (χ1n) is 5.98. The number of carbonyl (C=O) groups is 2. The number of hydrogen-bond donors (Lipinski definition) is 1. The van der Waals surface area contributed by atoms with Gasteiger partial charge in [-0.25, -0.2) is 4.79 Å². The quantitative estimate of drug-likeness (QED) is 0.640. The van der Waals surface area contributed by atoms with Crippen molar-refractivity contribution >= 4 is 17.6 Å². The highest BCUT2D eigenvalue weighted by Crippen LogP contribution is 2.11. The summed E-state index contributed by atoms with van der Waals surface area (Å²) < 4.78 is 0. The standard InChI is InChI=1S/C13H17N3O2/c1-15-9-12(17)16(13(15)18)8-2-3-10-4-6-11(14)7-5-10/h4-7H,2-3,8-9,14H2,1H3. The highest BCUT2D eigenvalue weighted by molar-refractivity contribution is 6.01. The van der Waals surface area contributed by atoms with Gasteiger partial charge in [-0.2, -0.15) is 0 Å². The monoisotopic (exact) mass is 247 g/mol. The van der Waals surface area contributed by atoms with Crippen molar-refractivity contribution in [1.82, 2.24) is 9.80 Å². The summed E-state index contributed by atoms with van der Waals surface area (Å²) in [5, 5.41) is 0. The van der Waals surface area contributed by atoms with E-state index in [2.05, 4.69) is 0 Å². The molecule has 1 saturated heterocycles. The van der Waals surface area contributed by atoms with Gasteiger partial charge in [0, 0.05) is 19.3 Å². The van der Waals surface area contributed by atoms with Crippen LogP contribution in [0.25, 0.3) is 0 Å². The third-order valence-electron chi connectivity index (χ3n) is 3.06. The number of nitrogen functional groups attached to an aromatic ring is 1. The van der Waals surface area contributed by atoms with E-state index in [9.17, 15) is 9.59 Å². The molecule has 0 radical (unpaired) electrons. The first-order chi connectivity index (χ1) is 8.58. The molecule has 0 saturated carbocycles. The molecule has 0 aliphatic carbocycles. The lowest BCUT2D eigenvalue weighted by Gasteiger charge is -2.13. The van der Waals surface area contributed by atoms with Gasteiger partial charge >= 0.3 is 6.03 Å². The van der Waals surface area contributed by atoms with Crippen molar-refractivity contribution in [3.05, 3.63) is 29.8 Å². The smallest absolute Gasteiger partial charge is 0.326 e. The number of nitrogens with zero attached hydrogens (tertiary/aromatic N) is 2. The fourth-order valence-corrected chi connectivity index (χ4v) is 2.01. The van der Waals surface area contributed by atoms with Crippen LogP contribution in [0.3, 0.4) is 0 Å². The average molecular weight is 247 g/mol. The van der Waals surface area contributed by atoms with Crippen LogP contribution in [0.5, 0.6) is 0 Å². The van der Waals surface area contributed by atoms with Crippen LogP contribution < -0.4 is 5.73 Å². The predicted octanol–water partition coefficient (Wildman–Crippen LogP) is 1.10. The summed E-state index contributed by atoms with van der Waals surface area (Å²) in [4.78, 5) is 25.9. The second-order valence-corrected chi connectivity index (χ2v) is 4.53. The fraction of sp³-hybridized carbons (Fsp3) is 0.385. The van der Waals surface area contributed by atoms with Crippen LogP contribution >= 0.6 is 0 Å². The number of anilines is 1. The second kappa shape index (κ2) is 5.08. The van der Waals surface area contributed by atoms with Crippen molar-refractivity contribution in [2.45, 2.75) is 12.8 Å². The van der Waals surface area contributed by atoms with Crippen molar-refractivity contribution in [1.29, 1.82) is 0 Å². The Morgan fingerprint density at radius 3 is 2.44 bits per heavy atom. The molecule has 0 atom stereocenters. The molecule has 96 valence electrons. The van der Waals surface area contributed by atoms with Gasteiger partial charge in [-0.3, -0.25) is 9.69 Å². The number of imide groups is 1.